The molecule has 0 atom stereocenters. The van der Waals surface area contributed by atoms with E-state index in [1.165, 1.54) is 6.20 Å². The van der Waals surface area contributed by atoms with Crippen molar-refractivity contribution in [1.82, 2.24) is 0 Å². The molecule has 0 unspecified atom stereocenters. The zero-order chi connectivity index (χ0) is 17.8. The van der Waals surface area contributed by atoms with Crippen LogP contribution in [0.15, 0.2) is 63.6 Å². The maximum atomic E-state index is 6.32. The van der Waals surface area contributed by atoms with Gasteiger partial charge in [-0.15, -0.1) is 11.6 Å². The van der Waals surface area contributed by atoms with Crippen molar-refractivity contribution in [2.45, 2.75) is 6.92 Å². The van der Waals surface area contributed by atoms with Gasteiger partial charge in [-0.1, -0.05) is 43.5 Å². The van der Waals surface area contributed by atoms with Crippen molar-refractivity contribution in [2.75, 3.05) is 7.05 Å². The first-order valence-electron chi connectivity index (χ1n) is 8.48. The van der Waals surface area contributed by atoms with Crippen LogP contribution < -0.4 is 0 Å². The predicted octanol–water partition coefficient (Wildman–Crippen LogP) is 5.68. The molecule has 0 aliphatic heterocycles. The van der Waals surface area contributed by atoms with E-state index in [9.17, 15) is 0 Å². The summed E-state index contributed by atoms with van der Waals surface area (Å²) in [6, 6.07) is 16.4. The van der Waals surface area contributed by atoms with Crippen molar-refractivity contribution in [3.63, 3.8) is 0 Å². The fourth-order valence-corrected chi connectivity index (χ4v) is 3.53. The summed E-state index contributed by atoms with van der Waals surface area (Å²) in [6.45, 7) is 7.64. The Hall–Kier alpha value is -2.23. The van der Waals surface area contributed by atoms with Gasteiger partial charge in [-0.3, -0.25) is 0 Å². The molecule has 1 radical (unpaired) electrons. The van der Waals surface area contributed by atoms with Gasteiger partial charge in [-0.2, -0.15) is 0 Å². The SMILES string of the molecule is [CH-]=C[N+](C)=[C-]c1c(C)ccc2c1oc1c2ccc2c3ccccc3oc21.[Y]. The molecule has 0 saturated carbocycles. The average molecular weight is 427 g/mol. The third kappa shape index (κ3) is 2.69. The standard InChI is InChI=1S/C23H16NO2.Y/c1-4-24(3)13-19-14(2)9-10-17-18-12-11-16-15-7-5-6-8-20(15)25-22(16)23(18)26-21(17)19;/h1,4-12H,2-3H3;/q-1;. The molecule has 0 spiro atoms. The van der Waals surface area contributed by atoms with Gasteiger partial charge in [-0.05, 0) is 23.1 Å². The topological polar surface area (TPSA) is 29.3 Å². The van der Waals surface area contributed by atoms with E-state index >= 15 is 0 Å². The van der Waals surface area contributed by atoms with E-state index in [0.29, 0.717) is 0 Å². The zero-order valence-corrected chi connectivity index (χ0v) is 18.0. The number of nitrogens with zero attached hydrogens (tertiary/aromatic N) is 1. The Kier molecular flexibility index (Phi) is 4.53. The molecule has 3 nitrogen and oxygen atoms in total. The summed E-state index contributed by atoms with van der Waals surface area (Å²) in [5, 5.41) is 4.23. The Morgan fingerprint density at radius 3 is 2.26 bits per heavy atom. The van der Waals surface area contributed by atoms with Crippen LogP contribution in [0.5, 0.6) is 0 Å². The minimum absolute atomic E-state index is 0. The minimum atomic E-state index is 0. The zero-order valence-electron chi connectivity index (χ0n) is 15.1. The van der Waals surface area contributed by atoms with Crippen LogP contribution >= 0.6 is 0 Å². The van der Waals surface area contributed by atoms with E-state index in [1.54, 1.807) is 4.58 Å². The van der Waals surface area contributed by atoms with E-state index in [2.05, 4.69) is 36.5 Å². The monoisotopic (exact) mass is 427 g/mol. The Labute approximate surface area is 181 Å². The number of rotatable bonds is 2. The van der Waals surface area contributed by atoms with Gasteiger partial charge >= 0.3 is 0 Å². The first kappa shape index (κ1) is 18.2. The van der Waals surface area contributed by atoms with Crippen LogP contribution in [0.4, 0.5) is 0 Å². The molecule has 0 N–H and O–H groups in total. The van der Waals surface area contributed by atoms with Crippen molar-refractivity contribution in [3.05, 3.63) is 72.4 Å². The Morgan fingerprint density at radius 1 is 0.852 bits per heavy atom. The molecule has 0 aliphatic carbocycles. The van der Waals surface area contributed by atoms with Crippen LogP contribution in [0.25, 0.3) is 43.9 Å². The van der Waals surface area contributed by atoms with E-state index < -0.39 is 0 Å². The first-order chi connectivity index (χ1) is 12.7. The molecule has 2 heterocycles. The van der Waals surface area contributed by atoms with Gasteiger partial charge in [0.1, 0.15) is 12.6 Å². The maximum absolute atomic E-state index is 6.32. The van der Waals surface area contributed by atoms with Crippen molar-refractivity contribution in [1.29, 1.82) is 0 Å². The molecule has 0 fully saturated rings. The number of para-hydroxylation sites is 1. The number of hydrogen-bond acceptors (Lipinski definition) is 2. The van der Waals surface area contributed by atoms with E-state index in [-0.39, 0.29) is 32.7 Å². The Balaban J connectivity index is 0.00000180. The minimum Gasteiger partial charge on any atom is -0.500 e. The molecule has 0 aliphatic rings. The van der Waals surface area contributed by atoms with Gasteiger partial charge in [0.2, 0.25) is 0 Å². The quantitative estimate of drug-likeness (QED) is 0.206. The number of aryl methyl sites for hydroxylation is 1. The third-order valence-corrected chi connectivity index (χ3v) is 4.87. The van der Waals surface area contributed by atoms with Crippen LogP contribution in [0.3, 0.4) is 0 Å². The fraction of sp³-hybridized carbons (Fsp3) is 0.0870. The largest absolute Gasteiger partial charge is 0.500 e. The smallest absolute Gasteiger partial charge is 0.177 e. The van der Waals surface area contributed by atoms with Crippen LogP contribution in [-0.4, -0.2) is 17.8 Å². The molecule has 2 aromatic heterocycles. The van der Waals surface area contributed by atoms with Gasteiger partial charge in [-0.25, -0.2) is 0 Å². The van der Waals surface area contributed by atoms with Crippen LogP contribution in [0.2, 0.25) is 0 Å². The van der Waals surface area contributed by atoms with Crippen molar-refractivity contribution in [2.24, 2.45) is 0 Å². The van der Waals surface area contributed by atoms with E-state index in [0.717, 1.165) is 55.0 Å². The molecular formula is C23H16NO2Y-. The Morgan fingerprint density at radius 2 is 1.48 bits per heavy atom. The van der Waals surface area contributed by atoms with E-state index in [4.69, 9.17) is 15.4 Å². The summed E-state index contributed by atoms with van der Waals surface area (Å²) >= 11 is 0. The Bertz CT molecular complexity index is 1370. The molecule has 0 amide bonds. The van der Waals surface area contributed by atoms with E-state index in [1.807, 2.05) is 32.2 Å². The number of furan rings is 2. The second-order valence-corrected chi connectivity index (χ2v) is 6.53. The molecule has 5 aromatic rings. The third-order valence-electron chi connectivity index (χ3n) is 4.87. The normalized spacial score (nSPS) is 12.1. The number of hydrogen-bond donors (Lipinski definition) is 0. The van der Waals surface area contributed by atoms with Crippen molar-refractivity contribution < 1.29 is 46.1 Å². The molecule has 129 valence electrons. The summed E-state index contributed by atoms with van der Waals surface area (Å²) in [7, 11) is 1.85. The molecule has 0 bridgehead atoms. The summed E-state index contributed by atoms with van der Waals surface area (Å²) in [5.41, 5.74) is 5.17. The second-order valence-electron chi connectivity index (χ2n) is 6.53. The van der Waals surface area contributed by atoms with Gasteiger partial charge in [0, 0.05) is 48.9 Å². The number of benzene rings is 3. The molecule has 4 heteroatoms. The maximum Gasteiger partial charge on any atom is 0.177 e. The predicted molar refractivity (Wildman–Crippen MR) is 105 cm³/mol. The summed E-state index contributed by atoms with van der Waals surface area (Å²) in [4.78, 5) is 0. The van der Waals surface area contributed by atoms with Crippen LogP contribution in [0.1, 0.15) is 11.1 Å². The molecule has 3 aromatic carbocycles. The average Bonchev–Trinajstić information content (AvgIpc) is 3.22. The van der Waals surface area contributed by atoms with Gasteiger partial charge in [0.05, 0.1) is 5.58 Å². The second kappa shape index (κ2) is 6.74. The molecule has 5 rings (SSSR count). The summed E-state index contributed by atoms with van der Waals surface area (Å²) in [5.74, 6) is 0. The molecule has 27 heavy (non-hydrogen) atoms. The van der Waals surface area contributed by atoms with Gasteiger partial charge in [0.15, 0.2) is 17.4 Å². The van der Waals surface area contributed by atoms with Gasteiger partial charge in [0.25, 0.3) is 0 Å². The number of fused-ring (bicyclic) bond motifs is 7. The van der Waals surface area contributed by atoms with Crippen molar-refractivity contribution in [3.8, 4) is 0 Å². The molecule has 0 saturated heterocycles. The first-order valence-corrected chi connectivity index (χ1v) is 8.48. The van der Waals surface area contributed by atoms with Crippen LogP contribution in [-0.2, 0) is 32.7 Å². The summed E-state index contributed by atoms with van der Waals surface area (Å²) in [6.07, 6.45) is 4.74. The summed E-state index contributed by atoms with van der Waals surface area (Å²) < 4.78 is 14.1. The molecular weight excluding hydrogens is 411 g/mol. The van der Waals surface area contributed by atoms with Gasteiger partial charge < -0.3 is 20.0 Å². The van der Waals surface area contributed by atoms with Crippen molar-refractivity contribution >= 4 is 50.1 Å². The van der Waals surface area contributed by atoms with Crippen LogP contribution in [0, 0.1) is 13.5 Å². The fourth-order valence-electron chi connectivity index (χ4n) is 3.53.